The van der Waals surface area contributed by atoms with E-state index >= 15 is 0 Å². The molecule has 5 nitrogen and oxygen atoms in total. The van der Waals surface area contributed by atoms with E-state index in [0.717, 1.165) is 28.7 Å². The second-order valence-corrected chi connectivity index (χ2v) is 5.15. The molecule has 0 aliphatic carbocycles. The molecule has 0 bridgehead atoms. The maximum absolute atomic E-state index is 4.52. The van der Waals surface area contributed by atoms with E-state index in [9.17, 15) is 0 Å². The van der Waals surface area contributed by atoms with Crippen molar-refractivity contribution in [3.63, 3.8) is 0 Å². The van der Waals surface area contributed by atoms with Gasteiger partial charge >= 0.3 is 0 Å². The van der Waals surface area contributed by atoms with Crippen LogP contribution >= 0.6 is 15.9 Å². The van der Waals surface area contributed by atoms with Gasteiger partial charge in [-0.2, -0.15) is 5.10 Å². The van der Waals surface area contributed by atoms with Gasteiger partial charge in [-0.05, 0) is 29.4 Å². The molecule has 0 saturated heterocycles. The van der Waals surface area contributed by atoms with Crippen LogP contribution in [-0.2, 0) is 19.9 Å². The molecule has 0 aromatic carbocycles. The lowest BCUT2D eigenvalue weighted by Gasteiger charge is -2.15. The lowest BCUT2D eigenvalue weighted by Crippen LogP contribution is -2.21. The molecular weight excluding hydrogens is 306 g/mol. The predicted octanol–water partition coefficient (Wildman–Crippen LogP) is 2.04. The van der Waals surface area contributed by atoms with Crippen LogP contribution in [0.15, 0.2) is 23.1 Å². The fourth-order valence-corrected chi connectivity index (χ4v) is 2.86. The fraction of sp³-hybridized carbons (Fsp3) is 0.462. The van der Waals surface area contributed by atoms with Crippen molar-refractivity contribution < 1.29 is 0 Å². The number of rotatable bonds is 5. The number of aryl methyl sites for hydroxylation is 2. The van der Waals surface area contributed by atoms with Crippen LogP contribution in [0.3, 0.4) is 0 Å². The van der Waals surface area contributed by atoms with Crippen molar-refractivity contribution in [2.75, 3.05) is 7.05 Å². The lowest BCUT2D eigenvalue weighted by atomic mass is 10.1. The van der Waals surface area contributed by atoms with Gasteiger partial charge in [-0.1, -0.05) is 6.92 Å². The zero-order chi connectivity index (χ0) is 13.8. The molecule has 0 amide bonds. The van der Waals surface area contributed by atoms with Crippen LogP contribution in [0.2, 0.25) is 0 Å². The summed E-state index contributed by atoms with van der Waals surface area (Å²) >= 11 is 3.65. The standard InChI is InChI=1S/C13H18BrN5/c1-4-9-13(14)12(19(3)18-9)7-10(15-2)11-8-16-5-6-17-11/h5-6,8,10,15H,4,7H2,1-3H3. The van der Waals surface area contributed by atoms with E-state index in [0.29, 0.717) is 0 Å². The highest BCUT2D eigenvalue weighted by atomic mass is 79.9. The van der Waals surface area contributed by atoms with E-state index in [4.69, 9.17) is 0 Å². The predicted molar refractivity (Wildman–Crippen MR) is 77.8 cm³/mol. The summed E-state index contributed by atoms with van der Waals surface area (Å²) in [7, 11) is 3.91. The smallest absolute Gasteiger partial charge is 0.0766 e. The molecule has 0 aliphatic rings. The maximum Gasteiger partial charge on any atom is 0.0766 e. The Morgan fingerprint density at radius 2 is 2.21 bits per heavy atom. The lowest BCUT2D eigenvalue weighted by molar-refractivity contribution is 0.545. The second kappa shape index (κ2) is 6.25. The topological polar surface area (TPSA) is 55.6 Å². The number of hydrogen-bond donors (Lipinski definition) is 1. The molecular formula is C13H18BrN5. The van der Waals surface area contributed by atoms with E-state index in [-0.39, 0.29) is 6.04 Å². The quantitative estimate of drug-likeness (QED) is 0.914. The maximum atomic E-state index is 4.52. The average molecular weight is 324 g/mol. The Kier molecular flexibility index (Phi) is 4.66. The van der Waals surface area contributed by atoms with Crippen molar-refractivity contribution in [2.24, 2.45) is 7.05 Å². The van der Waals surface area contributed by atoms with Crippen LogP contribution in [0.5, 0.6) is 0 Å². The first-order valence-electron chi connectivity index (χ1n) is 6.30. The van der Waals surface area contributed by atoms with Gasteiger partial charge < -0.3 is 5.32 Å². The zero-order valence-electron chi connectivity index (χ0n) is 11.4. The monoisotopic (exact) mass is 323 g/mol. The molecule has 0 saturated carbocycles. The van der Waals surface area contributed by atoms with Gasteiger partial charge in [0.25, 0.3) is 0 Å². The van der Waals surface area contributed by atoms with E-state index in [1.165, 1.54) is 5.69 Å². The molecule has 2 aromatic rings. The summed E-state index contributed by atoms with van der Waals surface area (Å²) in [6, 6.07) is 0.130. The van der Waals surface area contributed by atoms with Gasteiger partial charge in [0.15, 0.2) is 0 Å². The second-order valence-electron chi connectivity index (χ2n) is 4.36. The molecule has 19 heavy (non-hydrogen) atoms. The minimum absolute atomic E-state index is 0.130. The van der Waals surface area contributed by atoms with Gasteiger partial charge in [-0.3, -0.25) is 14.6 Å². The Hall–Kier alpha value is -1.27. The van der Waals surface area contributed by atoms with Crippen molar-refractivity contribution >= 4 is 15.9 Å². The number of halogens is 1. The van der Waals surface area contributed by atoms with Crippen LogP contribution in [0.25, 0.3) is 0 Å². The minimum atomic E-state index is 0.130. The van der Waals surface area contributed by atoms with Crippen LogP contribution in [-0.4, -0.2) is 26.8 Å². The summed E-state index contributed by atoms with van der Waals surface area (Å²) in [5.74, 6) is 0. The van der Waals surface area contributed by atoms with Gasteiger partial charge in [0.05, 0.1) is 27.6 Å². The van der Waals surface area contributed by atoms with Crippen LogP contribution in [0.4, 0.5) is 0 Å². The first-order chi connectivity index (χ1) is 9.17. The average Bonchev–Trinajstić information content (AvgIpc) is 2.72. The highest BCUT2D eigenvalue weighted by Gasteiger charge is 2.18. The SMILES string of the molecule is CCc1nn(C)c(CC(NC)c2cnccn2)c1Br. The molecule has 102 valence electrons. The van der Waals surface area contributed by atoms with Crippen molar-refractivity contribution in [1.82, 2.24) is 25.1 Å². The van der Waals surface area contributed by atoms with Gasteiger partial charge in [0.1, 0.15) is 0 Å². The van der Waals surface area contributed by atoms with Crippen molar-refractivity contribution in [3.05, 3.63) is 40.1 Å². The summed E-state index contributed by atoms with van der Waals surface area (Å²) in [6.45, 7) is 2.11. The molecule has 1 unspecified atom stereocenters. The largest absolute Gasteiger partial charge is 0.311 e. The summed E-state index contributed by atoms with van der Waals surface area (Å²) in [5, 5.41) is 7.80. The minimum Gasteiger partial charge on any atom is -0.311 e. The van der Waals surface area contributed by atoms with E-state index in [1.807, 2.05) is 18.8 Å². The normalized spacial score (nSPS) is 12.6. The Morgan fingerprint density at radius 3 is 2.74 bits per heavy atom. The third-order valence-corrected chi connectivity index (χ3v) is 4.10. The molecule has 0 fully saturated rings. The van der Waals surface area contributed by atoms with Crippen LogP contribution in [0, 0.1) is 0 Å². The fourth-order valence-electron chi connectivity index (χ4n) is 2.08. The van der Waals surface area contributed by atoms with Gasteiger partial charge in [0.2, 0.25) is 0 Å². The molecule has 1 atom stereocenters. The Labute approximate surface area is 121 Å². The molecule has 0 spiro atoms. The summed E-state index contributed by atoms with van der Waals surface area (Å²) in [6.07, 6.45) is 6.94. The Bertz CT molecular complexity index is 537. The number of hydrogen-bond acceptors (Lipinski definition) is 4. The van der Waals surface area contributed by atoms with E-state index in [1.54, 1.807) is 18.6 Å². The first kappa shape index (κ1) is 14.1. The van der Waals surface area contributed by atoms with Crippen LogP contribution in [0.1, 0.15) is 30.0 Å². The van der Waals surface area contributed by atoms with Crippen molar-refractivity contribution in [3.8, 4) is 0 Å². The Morgan fingerprint density at radius 1 is 1.42 bits per heavy atom. The highest BCUT2D eigenvalue weighted by molar-refractivity contribution is 9.10. The molecule has 0 aliphatic heterocycles. The summed E-state index contributed by atoms with van der Waals surface area (Å²) in [5.41, 5.74) is 3.20. The number of likely N-dealkylation sites (N-methyl/N-ethyl adjacent to an activating group) is 1. The van der Waals surface area contributed by atoms with Gasteiger partial charge in [0, 0.05) is 32.1 Å². The third-order valence-electron chi connectivity index (χ3n) is 3.19. The van der Waals surface area contributed by atoms with Crippen molar-refractivity contribution in [2.45, 2.75) is 25.8 Å². The summed E-state index contributed by atoms with van der Waals surface area (Å²) in [4.78, 5) is 8.49. The van der Waals surface area contributed by atoms with Gasteiger partial charge in [-0.15, -0.1) is 0 Å². The van der Waals surface area contributed by atoms with Crippen molar-refractivity contribution in [1.29, 1.82) is 0 Å². The Balaban J connectivity index is 2.26. The molecule has 2 rings (SSSR count). The molecule has 2 heterocycles. The number of aromatic nitrogens is 4. The number of nitrogens with one attached hydrogen (secondary N) is 1. The number of nitrogens with zero attached hydrogens (tertiary/aromatic N) is 4. The molecule has 6 heteroatoms. The molecule has 2 aromatic heterocycles. The van der Waals surface area contributed by atoms with E-state index < -0.39 is 0 Å². The van der Waals surface area contributed by atoms with E-state index in [2.05, 4.69) is 43.2 Å². The highest BCUT2D eigenvalue weighted by Crippen LogP contribution is 2.25. The summed E-state index contributed by atoms with van der Waals surface area (Å²) < 4.78 is 3.03. The first-order valence-corrected chi connectivity index (χ1v) is 7.10. The van der Waals surface area contributed by atoms with Crippen LogP contribution < -0.4 is 5.32 Å². The zero-order valence-corrected chi connectivity index (χ0v) is 13.0. The molecule has 0 radical (unpaired) electrons. The third kappa shape index (κ3) is 3.01. The molecule has 1 N–H and O–H groups in total. The van der Waals surface area contributed by atoms with Gasteiger partial charge in [-0.25, -0.2) is 0 Å².